The van der Waals surface area contributed by atoms with Gasteiger partial charge in [-0.3, -0.25) is 9.69 Å². The summed E-state index contributed by atoms with van der Waals surface area (Å²) in [6, 6.07) is 14.6. The average molecular weight is 326 g/mol. The van der Waals surface area contributed by atoms with Crippen molar-refractivity contribution >= 4 is 11.8 Å². The molecule has 4 rings (SSSR count). The third-order valence-corrected chi connectivity index (χ3v) is 5.86. The first-order valence-corrected chi connectivity index (χ1v) is 9.50. The summed E-state index contributed by atoms with van der Waals surface area (Å²) in [4.78, 5) is 16.0. The van der Waals surface area contributed by atoms with Crippen molar-refractivity contribution in [1.29, 1.82) is 0 Å². The molecule has 4 heteroatoms. The van der Waals surface area contributed by atoms with E-state index in [-0.39, 0.29) is 5.56 Å². The summed E-state index contributed by atoms with van der Waals surface area (Å²) < 4.78 is 2.00. The quantitative estimate of drug-likeness (QED) is 0.810. The number of hydrogen-bond acceptors (Lipinski definition) is 3. The van der Waals surface area contributed by atoms with Crippen LogP contribution in [0.15, 0.2) is 52.2 Å². The maximum absolute atomic E-state index is 12.1. The minimum absolute atomic E-state index is 0.165. The molecule has 0 aliphatic carbocycles. The normalized spacial score (nSPS) is 23.5. The highest BCUT2D eigenvalue weighted by atomic mass is 32.2. The van der Waals surface area contributed by atoms with E-state index < -0.39 is 0 Å². The molecule has 2 aromatic rings. The molecule has 1 fully saturated rings. The lowest BCUT2D eigenvalue weighted by atomic mass is 9.83. The molecule has 3 nitrogen and oxygen atoms in total. The van der Waals surface area contributed by atoms with Gasteiger partial charge in [-0.1, -0.05) is 18.2 Å². The zero-order valence-electron chi connectivity index (χ0n) is 13.4. The smallest absolute Gasteiger partial charge is 0.250 e. The fourth-order valence-corrected chi connectivity index (χ4v) is 4.52. The van der Waals surface area contributed by atoms with Crippen LogP contribution in [0, 0.1) is 5.92 Å². The maximum atomic E-state index is 12.1. The van der Waals surface area contributed by atoms with Crippen molar-refractivity contribution in [1.82, 2.24) is 9.47 Å². The van der Waals surface area contributed by atoms with Crippen LogP contribution in [-0.4, -0.2) is 28.8 Å². The minimum Gasteiger partial charge on any atom is -0.312 e. The van der Waals surface area contributed by atoms with Crippen molar-refractivity contribution in [2.24, 2.45) is 5.92 Å². The van der Waals surface area contributed by atoms with Gasteiger partial charge in [0.05, 0.1) is 0 Å². The Morgan fingerprint density at radius 2 is 1.91 bits per heavy atom. The number of hydrogen-bond donors (Lipinski definition) is 0. The minimum atomic E-state index is 0.165. The molecule has 0 amide bonds. The summed E-state index contributed by atoms with van der Waals surface area (Å²) in [7, 11) is 0. The van der Waals surface area contributed by atoms with E-state index in [9.17, 15) is 4.79 Å². The van der Waals surface area contributed by atoms with E-state index in [1.807, 2.05) is 10.6 Å². The molecule has 1 aromatic heterocycles. The third kappa shape index (κ3) is 2.98. The molecular formula is C19H22N2OS. The zero-order valence-corrected chi connectivity index (χ0v) is 14.3. The Hall–Kier alpha value is -1.52. The van der Waals surface area contributed by atoms with Gasteiger partial charge in [-0.05, 0) is 42.4 Å². The number of likely N-dealkylation sites (tertiary alicyclic amines) is 1. The molecule has 23 heavy (non-hydrogen) atoms. The van der Waals surface area contributed by atoms with Crippen LogP contribution in [0.1, 0.15) is 23.6 Å². The van der Waals surface area contributed by atoms with Crippen molar-refractivity contribution < 1.29 is 0 Å². The summed E-state index contributed by atoms with van der Waals surface area (Å²) in [5.74, 6) is 1.11. The fourth-order valence-electron chi connectivity index (χ4n) is 4.11. The van der Waals surface area contributed by atoms with E-state index in [0.717, 1.165) is 26.2 Å². The summed E-state index contributed by atoms with van der Waals surface area (Å²) in [5, 5.41) is 0. The number of aromatic nitrogens is 1. The highest BCUT2D eigenvalue weighted by Crippen LogP contribution is 2.35. The van der Waals surface area contributed by atoms with E-state index >= 15 is 0 Å². The van der Waals surface area contributed by atoms with Crippen LogP contribution in [0.2, 0.25) is 0 Å². The van der Waals surface area contributed by atoms with Crippen LogP contribution in [0.5, 0.6) is 0 Å². The van der Waals surface area contributed by atoms with Crippen molar-refractivity contribution in [2.75, 3.05) is 19.3 Å². The molecular weight excluding hydrogens is 304 g/mol. The number of piperidine rings is 1. The monoisotopic (exact) mass is 326 g/mol. The van der Waals surface area contributed by atoms with Crippen LogP contribution in [-0.2, 0) is 13.1 Å². The molecule has 3 heterocycles. The Balaban J connectivity index is 1.52. The summed E-state index contributed by atoms with van der Waals surface area (Å²) in [5.41, 5.74) is 2.78. The van der Waals surface area contributed by atoms with E-state index in [4.69, 9.17) is 0 Å². The van der Waals surface area contributed by atoms with Gasteiger partial charge in [0.1, 0.15) is 0 Å². The lowest BCUT2D eigenvalue weighted by Gasteiger charge is -2.42. The largest absolute Gasteiger partial charge is 0.312 e. The van der Waals surface area contributed by atoms with Gasteiger partial charge in [-0.15, -0.1) is 11.8 Å². The molecule has 0 unspecified atom stereocenters. The molecule has 2 aliphatic rings. The van der Waals surface area contributed by atoms with E-state index in [0.29, 0.717) is 11.8 Å². The highest BCUT2D eigenvalue weighted by molar-refractivity contribution is 7.98. The van der Waals surface area contributed by atoms with Gasteiger partial charge < -0.3 is 4.57 Å². The number of rotatable bonds is 3. The topological polar surface area (TPSA) is 25.2 Å². The lowest BCUT2D eigenvalue weighted by molar-refractivity contribution is 0.114. The fraction of sp³-hybridized carbons (Fsp3) is 0.421. The van der Waals surface area contributed by atoms with Crippen molar-refractivity contribution in [2.45, 2.75) is 30.3 Å². The number of thioether (sulfide) groups is 1. The van der Waals surface area contributed by atoms with Gasteiger partial charge in [0.15, 0.2) is 0 Å². The molecule has 0 saturated carbocycles. The summed E-state index contributed by atoms with van der Waals surface area (Å²) >= 11 is 1.78. The van der Waals surface area contributed by atoms with Crippen molar-refractivity contribution in [3.05, 3.63) is 64.1 Å². The van der Waals surface area contributed by atoms with Crippen molar-refractivity contribution in [3.8, 4) is 0 Å². The first-order chi connectivity index (χ1) is 11.2. The van der Waals surface area contributed by atoms with Crippen molar-refractivity contribution in [3.63, 3.8) is 0 Å². The van der Waals surface area contributed by atoms with Gasteiger partial charge in [0.2, 0.25) is 0 Å². The maximum Gasteiger partial charge on any atom is 0.250 e. The Bertz CT molecular complexity index is 753. The predicted octanol–water partition coefficient (Wildman–Crippen LogP) is 3.19. The van der Waals surface area contributed by atoms with Crippen LogP contribution < -0.4 is 5.56 Å². The van der Waals surface area contributed by atoms with Gasteiger partial charge in [-0.2, -0.15) is 0 Å². The highest BCUT2D eigenvalue weighted by Gasteiger charge is 2.34. The molecule has 2 atom stereocenters. The van der Waals surface area contributed by atoms with Crippen LogP contribution in [0.3, 0.4) is 0 Å². The summed E-state index contributed by atoms with van der Waals surface area (Å²) in [6.07, 6.45) is 3.34. The third-order valence-electron chi connectivity index (χ3n) is 5.12. The second-order valence-electron chi connectivity index (χ2n) is 6.74. The van der Waals surface area contributed by atoms with Gasteiger partial charge in [-0.25, -0.2) is 0 Å². The zero-order chi connectivity index (χ0) is 15.8. The number of pyridine rings is 1. The van der Waals surface area contributed by atoms with Crippen LogP contribution in [0.4, 0.5) is 0 Å². The van der Waals surface area contributed by atoms with Crippen LogP contribution >= 0.6 is 11.8 Å². The molecule has 0 N–H and O–H groups in total. The SMILES string of the molecule is CSc1ccc(CN2C[C@@H]3C[C@@H](C2)c2cccc(=O)n2C3)cc1. The first-order valence-electron chi connectivity index (χ1n) is 8.28. The molecule has 2 aliphatic heterocycles. The van der Waals surface area contributed by atoms with Gasteiger partial charge in [0.25, 0.3) is 5.56 Å². The molecule has 2 bridgehead atoms. The van der Waals surface area contributed by atoms with E-state index in [2.05, 4.69) is 41.5 Å². The lowest BCUT2D eigenvalue weighted by Crippen LogP contribution is -2.46. The predicted molar refractivity (Wildman–Crippen MR) is 95.1 cm³/mol. The number of fused-ring (bicyclic) bond motifs is 4. The molecule has 1 aromatic carbocycles. The molecule has 120 valence electrons. The molecule has 1 saturated heterocycles. The second-order valence-corrected chi connectivity index (χ2v) is 7.62. The first kappa shape index (κ1) is 15.0. The Labute approximate surface area is 141 Å². The Kier molecular flexibility index (Phi) is 4.04. The van der Waals surface area contributed by atoms with E-state index in [1.54, 1.807) is 17.8 Å². The van der Waals surface area contributed by atoms with E-state index in [1.165, 1.54) is 22.6 Å². The standard InChI is InChI=1S/C19H22N2OS/c1-23-17-7-5-14(6-8-17)10-20-11-15-9-16(13-20)18-3-2-4-19(22)21(18)12-15/h2-8,15-16H,9-13H2,1H3/t15-,16-/m0/s1. The average Bonchev–Trinajstić information content (AvgIpc) is 2.57. The second kappa shape index (κ2) is 6.17. The molecule has 0 radical (unpaired) electrons. The molecule has 0 spiro atoms. The van der Waals surface area contributed by atoms with Gasteiger partial charge >= 0.3 is 0 Å². The van der Waals surface area contributed by atoms with Gasteiger partial charge in [0, 0.05) is 48.8 Å². The Morgan fingerprint density at radius 3 is 2.70 bits per heavy atom. The summed E-state index contributed by atoms with van der Waals surface area (Å²) in [6.45, 7) is 4.05. The van der Waals surface area contributed by atoms with Crippen LogP contribution in [0.25, 0.3) is 0 Å². The number of nitrogens with zero attached hydrogens (tertiary/aromatic N) is 2. The Morgan fingerprint density at radius 1 is 1.09 bits per heavy atom. The number of benzene rings is 1.